The maximum Gasteiger partial charge on any atom is 0.307 e. The topological polar surface area (TPSA) is 127 Å². The summed E-state index contributed by atoms with van der Waals surface area (Å²) in [6.07, 6.45) is 3.92. The lowest BCUT2D eigenvalue weighted by atomic mass is 10.1. The smallest absolute Gasteiger partial charge is 0.307 e. The zero-order valence-corrected chi connectivity index (χ0v) is 10.6. The van der Waals surface area contributed by atoms with Crippen molar-refractivity contribution in [2.75, 3.05) is 0 Å². The Labute approximate surface area is 113 Å². The largest absolute Gasteiger partial charge is 0.481 e. The lowest BCUT2D eigenvalue weighted by Crippen LogP contribution is -2.39. The number of hydrogen-bond acceptors (Lipinski definition) is 5. The van der Waals surface area contributed by atoms with Gasteiger partial charge in [-0.05, 0) is 18.8 Å². The van der Waals surface area contributed by atoms with Gasteiger partial charge >= 0.3 is 11.7 Å². The summed E-state index contributed by atoms with van der Waals surface area (Å²) in [6, 6.07) is -0.384. The molecule has 1 heterocycles. The van der Waals surface area contributed by atoms with E-state index >= 15 is 0 Å². The van der Waals surface area contributed by atoms with E-state index in [1.807, 2.05) is 0 Å². The number of carboxylic acids is 1. The lowest BCUT2D eigenvalue weighted by molar-refractivity contribution is -0.385. The molecule has 0 aromatic carbocycles. The van der Waals surface area contributed by atoms with Gasteiger partial charge in [-0.3, -0.25) is 24.4 Å². The van der Waals surface area contributed by atoms with Gasteiger partial charge in [0.2, 0.25) is 5.91 Å². The number of carbonyl (C=O) groups excluding carboxylic acids is 1. The van der Waals surface area contributed by atoms with E-state index in [2.05, 4.69) is 10.4 Å². The molecule has 2 N–H and O–H groups in total. The molecule has 1 atom stereocenters. The van der Waals surface area contributed by atoms with Gasteiger partial charge < -0.3 is 10.4 Å². The molecule has 0 bridgehead atoms. The van der Waals surface area contributed by atoms with Crippen LogP contribution in [0.15, 0.2) is 12.4 Å². The Morgan fingerprint density at radius 3 is 2.80 bits per heavy atom. The average molecular weight is 282 g/mol. The van der Waals surface area contributed by atoms with Crippen LogP contribution in [0.1, 0.15) is 19.3 Å². The molecule has 1 unspecified atom stereocenters. The number of nitrogens with zero attached hydrogens (tertiary/aromatic N) is 3. The van der Waals surface area contributed by atoms with Gasteiger partial charge in [-0.1, -0.05) is 0 Å². The number of nitrogens with one attached hydrogen (secondary N) is 1. The van der Waals surface area contributed by atoms with E-state index in [0.717, 1.165) is 29.9 Å². The van der Waals surface area contributed by atoms with E-state index in [-0.39, 0.29) is 30.6 Å². The van der Waals surface area contributed by atoms with Crippen molar-refractivity contribution >= 4 is 17.6 Å². The summed E-state index contributed by atoms with van der Waals surface area (Å²) in [4.78, 5) is 32.4. The van der Waals surface area contributed by atoms with E-state index in [9.17, 15) is 19.7 Å². The number of carboxylic acid groups (broad SMARTS) is 1. The van der Waals surface area contributed by atoms with Crippen molar-refractivity contribution in [3.05, 3.63) is 22.5 Å². The standard InChI is InChI=1S/C11H14N4O5/c16-10(6-14-5-8(4-12-14)15(19)20)13-9(3-11(17)18)7-1-2-7/h4-5,7,9H,1-3,6H2,(H,13,16)(H,17,18). The SMILES string of the molecule is O=C(O)CC(NC(=O)Cn1cc([N+](=O)[O-])cn1)C1CC1. The van der Waals surface area contributed by atoms with Gasteiger partial charge in [0.05, 0.1) is 11.3 Å². The fraction of sp³-hybridized carbons (Fsp3) is 0.545. The molecule has 0 aliphatic heterocycles. The zero-order chi connectivity index (χ0) is 14.7. The molecule has 1 aliphatic rings. The molecule has 20 heavy (non-hydrogen) atoms. The highest BCUT2D eigenvalue weighted by molar-refractivity contribution is 5.77. The Hall–Kier alpha value is -2.45. The lowest BCUT2D eigenvalue weighted by Gasteiger charge is -2.15. The van der Waals surface area contributed by atoms with Gasteiger partial charge in [-0.25, -0.2) is 0 Å². The minimum atomic E-state index is -0.961. The van der Waals surface area contributed by atoms with Gasteiger partial charge in [-0.15, -0.1) is 0 Å². The fourth-order valence-electron chi connectivity index (χ4n) is 1.96. The van der Waals surface area contributed by atoms with Crippen LogP contribution in [0.2, 0.25) is 0 Å². The molecule has 1 fully saturated rings. The number of carbonyl (C=O) groups is 2. The molecular formula is C11H14N4O5. The molecule has 9 nitrogen and oxygen atoms in total. The predicted octanol–water partition coefficient (Wildman–Crippen LogP) is 0.161. The second-order valence-electron chi connectivity index (χ2n) is 4.76. The molecule has 1 aliphatic carbocycles. The van der Waals surface area contributed by atoms with Crippen molar-refractivity contribution in [2.24, 2.45) is 5.92 Å². The summed E-state index contributed by atoms with van der Waals surface area (Å²) in [5.74, 6) is -1.15. The van der Waals surface area contributed by atoms with Crippen molar-refractivity contribution in [2.45, 2.75) is 31.8 Å². The van der Waals surface area contributed by atoms with Crippen LogP contribution in [0.4, 0.5) is 5.69 Å². The zero-order valence-electron chi connectivity index (χ0n) is 10.6. The molecular weight excluding hydrogens is 268 g/mol. The second-order valence-corrected chi connectivity index (χ2v) is 4.76. The monoisotopic (exact) mass is 282 g/mol. The normalized spacial score (nSPS) is 15.6. The molecule has 1 saturated carbocycles. The van der Waals surface area contributed by atoms with E-state index in [0.29, 0.717) is 0 Å². The third kappa shape index (κ3) is 3.77. The van der Waals surface area contributed by atoms with Crippen LogP contribution in [-0.4, -0.2) is 37.7 Å². The predicted molar refractivity (Wildman–Crippen MR) is 65.8 cm³/mol. The van der Waals surface area contributed by atoms with Crippen molar-refractivity contribution < 1.29 is 19.6 Å². The minimum Gasteiger partial charge on any atom is -0.481 e. The van der Waals surface area contributed by atoms with E-state index in [1.165, 1.54) is 0 Å². The van der Waals surface area contributed by atoms with Crippen LogP contribution < -0.4 is 5.32 Å². The molecule has 1 amide bonds. The molecule has 108 valence electrons. The summed E-state index contributed by atoms with van der Waals surface area (Å²) < 4.78 is 1.15. The van der Waals surface area contributed by atoms with Crippen LogP contribution in [0, 0.1) is 16.0 Å². The number of nitro groups is 1. The van der Waals surface area contributed by atoms with Gasteiger partial charge in [0.15, 0.2) is 0 Å². The second kappa shape index (κ2) is 5.68. The van der Waals surface area contributed by atoms with Gasteiger partial charge in [-0.2, -0.15) is 5.10 Å². The molecule has 2 rings (SSSR count). The van der Waals surface area contributed by atoms with E-state index in [1.54, 1.807) is 0 Å². The Bertz CT molecular complexity index is 537. The molecule has 0 spiro atoms. The first-order valence-corrected chi connectivity index (χ1v) is 6.13. The quantitative estimate of drug-likeness (QED) is 0.541. The Morgan fingerprint density at radius 2 is 2.30 bits per heavy atom. The van der Waals surface area contributed by atoms with Gasteiger partial charge in [0, 0.05) is 6.04 Å². The van der Waals surface area contributed by atoms with Crippen LogP contribution in [0.3, 0.4) is 0 Å². The maximum absolute atomic E-state index is 11.8. The first kappa shape index (κ1) is 14.0. The molecule has 1 aromatic heterocycles. The maximum atomic E-state index is 11.8. The van der Waals surface area contributed by atoms with Crippen molar-refractivity contribution in [1.82, 2.24) is 15.1 Å². The number of rotatable bonds is 7. The van der Waals surface area contributed by atoms with Crippen LogP contribution in [0.25, 0.3) is 0 Å². The Kier molecular flexibility index (Phi) is 3.97. The number of aliphatic carboxylic acids is 1. The third-order valence-electron chi connectivity index (χ3n) is 3.07. The molecule has 9 heteroatoms. The molecule has 1 aromatic rings. The third-order valence-corrected chi connectivity index (χ3v) is 3.07. The van der Waals surface area contributed by atoms with Gasteiger partial charge in [0.1, 0.15) is 18.9 Å². The fourth-order valence-corrected chi connectivity index (χ4v) is 1.96. The minimum absolute atomic E-state index is 0.115. The molecule has 0 radical (unpaired) electrons. The summed E-state index contributed by atoms with van der Waals surface area (Å²) >= 11 is 0. The van der Waals surface area contributed by atoms with E-state index in [4.69, 9.17) is 5.11 Å². The first-order valence-electron chi connectivity index (χ1n) is 6.13. The highest BCUT2D eigenvalue weighted by atomic mass is 16.6. The van der Waals surface area contributed by atoms with Crippen LogP contribution in [0.5, 0.6) is 0 Å². The number of hydrogen-bond donors (Lipinski definition) is 2. The summed E-state index contributed by atoms with van der Waals surface area (Å²) in [5.41, 5.74) is -0.193. The van der Waals surface area contributed by atoms with Crippen LogP contribution >= 0.6 is 0 Å². The van der Waals surface area contributed by atoms with Crippen molar-refractivity contribution in [3.8, 4) is 0 Å². The Balaban J connectivity index is 1.89. The number of amides is 1. The highest BCUT2D eigenvalue weighted by Gasteiger charge is 2.33. The highest BCUT2D eigenvalue weighted by Crippen LogP contribution is 2.34. The summed E-state index contributed by atoms with van der Waals surface area (Å²) in [5, 5.41) is 25.6. The number of aromatic nitrogens is 2. The Morgan fingerprint density at radius 1 is 1.60 bits per heavy atom. The van der Waals surface area contributed by atoms with Crippen molar-refractivity contribution in [3.63, 3.8) is 0 Å². The van der Waals surface area contributed by atoms with Crippen LogP contribution in [-0.2, 0) is 16.1 Å². The summed E-state index contributed by atoms with van der Waals surface area (Å²) in [6.45, 7) is -0.170. The van der Waals surface area contributed by atoms with E-state index < -0.39 is 16.8 Å². The molecule has 0 saturated heterocycles. The average Bonchev–Trinajstić information content (AvgIpc) is 3.08. The van der Waals surface area contributed by atoms with Gasteiger partial charge in [0.25, 0.3) is 0 Å². The summed E-state index contributed by atoms with van der Waals surface area (Å²) in [7, 11) is 0. The first-order chi connectivity index (χ1) is 9.45. The van der Waals surface area contributed by atoms with Crippen molar-refractivity contribution in [1.29, 1.82) is 0 Å².